The van der Waals surface area contributed by atoms with Crippen LogP contribution in [0.4, 0.5) is 13.2 Å². The van der Waals surface area contributed by atoms with Gasteiger partial charge in [0.25, 0.3) is 0 Å². The molecule has 0 bridgehead atoms. The van der Waals surface area contributed by atoms with E-state index in [0.717, 1.165) is 0 Å². The Labute approximate surface area is 75.9 Å². The Bertz CT molecular complexity index is 211. The van der Waals surface area contributed by atoms with Crippen LogP contribution in [0.25, 0.3) is 0 Å². The normalized spacial score (nSPS) is 13.5. The first-order valence-electron chi connectivity index (χ1n) is 2.44. The Hall–Kier alpha value is 0.430. The Morgan fingerprint density at radius 1 is 1.36 bits per heavy atom. The van der Waals surface area contributed by atoms with Crippen molar-refractivity contribution in [1.29, 1.82) is 0 Å². The minimum atomic E-state index is -4.42. The molecule has 0 heterocycles. The maximum atomic E-state index is 11.4. The fraction of sp³-hybridized carbons (Fsp3) is 1.00. The molecule has 0 radical (unpaired) electrons. The maximum absolute atomic E-state index is 11.4. The van der Waals surface area contributed by atoms with Crippen LogP contribution in [0.1, 0.15) is 6.42 Å². The van der Waals surface area contributed by atoms with Crippen molar-refractivity contribution in [1.82, 2.24) is 2.94 Å². The second kappa shape index (κ2) is 3.90. The van der Waals surface area contributed by atoms with Crippen LogP contribution in [-0.2, 0) is 10.0 Å². The van der Waals surface area contributed by atoms with Crippen molar-refractivity contribution in [2.75, 3.05) is 5.75 Å². The minimum absolute atomic E-state index is 0.917. The summed E-state index contributed by atoms with van der Waals surface area (Å²) in [7, 11) is -3.74. The number of alkyl halides is 3. The summed E-state index contributed by atoms with van der Waals surface area (Å²) >= 11 is 1.28. The summed E-state index contributed by atoms with van der Waals surface area (Å²) in [5, 5.41) is 0. The van der Waals surface area contributed by atoms with E-state index in [4.69, 9.17) is 0 Å². The Morgan fingerprint density at radius 3 is 2.09 bits per heavy atom. The maximum Gasteiger partial charge on any atom is 0.390 e. The van der Waals surface area contributed by atoms with Gasteiger partial charge in [0.2, 0.25) is 10.0 Å². The summed E-state index contributed by atoms with van der Waals surface area (Å²) in [6, 6.07) is 0. The molecule has 0 aliphatic heterocycles. The van der Waals surface area contributed by atoms with Gasteiger partial charge in [-0.15, -0.1) is 0 Å². The van der Waals surface area contributed by atoms with Crippen LogP contribution in [0.2, 0.25) is 0 Å². The fourth-order valence-electron chi connectivity index (χ4n) is 0.289. The average molecular weight is 303 g/mol. The highest BCUT2D eigenvalue weighted by molar-refractivity contribution is 14.1. The van der Waals surface area contributed by atoms with Crippen molar-refractivity contribution >= 4 is 32.9 Å². The molecule has 68 valence electrons. The van der Waals surface area contributed by atoms with E-state index in [1.807, 2.05) is 0 Å². The van der Waals surface area contributed by atoms with Gasteiger partial charge in [0.05, 0.1) is 12.2 Å². The van der Waals surface area contributed by atoms with E-state index in [-0.39, 0.29) is 0 Å². The first kappa shape index (κ1) is 11.4. The summed E-state index contributed by atoms with van der Waals surface area (Å²) in [5.41, 5.74) is 0. The lowest BCUT2D eigenvalue weighted by atomic mass is 10.5. The van der Waals surface area contributed by atoms with Crippen molar-refractivity contribution in [3.05, 3.63) is 0 Å². The number of hydrogen-bond donors (Lipinski definition) is 1. The van der Waals surface area contributed by atoms with Crippen LogP contribution < -0.4 is 2.94 Å². The van der Waals surface area contributed by atoms with Crippen LogP contribution in [0.3, 0.4) is 0 Å². The number of sulfonamides is 1. The quantitative estimate of drug-likeness (QED) is 0.629. The van der Waals surface area contributed by atoms with E-state index in [1.165, 1.54) is 22.9 Å². The van der Waals surface area contributed by atoms with Crippen LogP contribution in [0, 0.1) is 0 Å². The molecular formula is C3H5F3INO2S. The highest BCUT2D eigenvalue weighted by atomic mass is 127. The molecule has 0 aliphatic rings. The minimum Gasteiger partial charge on any atom is -0.212 e. The number of hydrogen-bond acceptors (Lipinski definition) is 2. The largest absolute Gasteiger partial charge is 0.390 e. The standard InChI is InChI=1S/C3H5F3INO2S/c4-3(5,6)1-2-11(9,10)8-7/h8H,1-2H2. The second-order valence-electron chi connectivity index (χ2n) is 1.76. The highest BCUT2D eigenvalue weighted by Crippen LogP contribution is 2.19. The molecule has 0 aromatic carbocycles. The molecule has 0 amide bonds. The molecule has 0 aromatic heterocycles. The summed E-state index contributed by atoms with van der Waals surface area (Å²) in [6.45, 7) is 0. The van der Waals surface area contributed by atoms with Gasteiger partial charge in [-0.3, -0.25) is 0 Å². The van der Waals surface area contributed by atoms with Gasteiger partial charge in [-0.2, -0.15) is 16.1 Å². The smallest absolute Gasteiger partial charge is 0.212 e. The molecule has 0 unspecified atom stereocenters. The summed E-state index contributed by atoms with van der Waals surface area (Å²) in [4.78, 5) is 0. The SMILES string of the molecule is O=S(=O)(CCC(F)(F)F)NI. The van der Waals surface area contributed by atoms with Crippen molar-refractivity contribution < 1.29 is 21.6 Å². The van der Waals surface area contributed by atoms with E-state index >= 15 is 0 Å². The lowest BCUT2D eigenvalue weighted by molar-refractivity contribution is -0.129. The Morgan fingerprint density at radius 2 is 1.82 bits per heavy atom. The predicted molar refractivity (Wildman–Crippen MR) is 41.6 cm³/mol. The molecule has 0 aromatic rings. The van der Waals surface area contributed by atoms with Crippen molar-refractivity contribution in [2.24, 2.45) is 0 Å². The molecule has 8 heteroatoms. The van der Waals surface area contributed by atoms with E-state index in [9.17, 15) is 21.6 Å². The Kier molecular flexibility index (Phi) is 4.05. The van der Waals surface area contributed by atoms with Gasteiger partial charge in [-0.25, -0.2) is 8.42 Å². The van der Waals surface area contributed by atoms with Gasteiger partial charge in [-0.05, 0) is 0 Å². The summed E-state index contributed by atoms with van der Waals surface area (Å²) in [6.07, 6.45) is -5.73. The van der Waals surface area contributed by atoms with E-state index < -0.39 is 28.4 Å². The summed E-state index contributed by atoms with van der Waals surface area (Å²) < 4.78 is 56.9. The molecule has 0 saturated carbocycles. The van der Waals surface area contributed by atoms with Crippen LogP contribution in [0.15, 0.2) is 0 Å². The third kappa shape index (κ3) is 6.81. The lowest BCUT2D eigenvalue weighted by Crippen LogP contribution is -2.22. The zero-order chi connectivity index (χ0) is 9.12. The van der Waals surface area contributed by atoms with Gasteiger partial charge >= 0.3 is 6.18 Å². The molecule has 0 atom stereocenters. The van der Waals surface area contributed by atoms with Crippen LogP contribution in [0.5, 0.6) is 0 Å². The molecule has 0 aliphatic carbocycles. The van der Waals surface area contributed by atoms with Crippen LogP contribution in [-0.4, -0.2) is 20.3 Å². The van der Waals surface area contributed by atoms with Crippen molar-refractivity contribution in [3.8, 4) is 0 Å². The van der Waals surface area contributed by atoms with Crippen molar-refractivity contribution in [2.45, 2.75) is 12.6 Å². The molecule has 11 heavy (non-hydrogen) atoms. The van der Waals surface area contributed by atoms with E-state index in [2.05, 4.69) is 0 Å². The van der Waals surface area contributed by atoms with Gasteiger partial charge in [0, 0.05) is 22.9 Å². The lowest BCUT2D eigenvalue weighted by Gasteiger charge is -2.04. The zero-order valence-corrected chi connectivity index (χ0v) is 8.12. The monoisotopic (exact) mass is 303 g/mol. The van der Waals surface area contributed by atoms with Gasteiger partial charge in [0.1, 0.15) is 0 Å². The topological polar surface area (TPSA) is 46.2 Å². The number of rotatable bonds is 3. The Balaban J connectivity index is 3.91. The van der Waals surface area contributed by atoms with Crippen molar-refractivity contribution in [3.63, 3.8) is 0 Å². The van der Waals surface area contributed by atoms with Gasteiger partial charge < -0.3 is 0 Å². The van der Waals surface area contributed by atoms with E-state index in [1.54, 1.807) is 2.94 Å². The third-order valence-electron chi connectivity index (χ3n) is 0.772. The molecule has 0 spiro atoms. The molecule has 1 N–H and O–H groups in total. The fourth-order valence-corrected chi connectivity index (χ4v) is 1.53. The third-order valence-corrected chi connectivity index (χ3v) is 3.76. The average Bonchev–Trinajstić information content (AvgIpc) is 1.83. The molecule has 0 saturated heterocycles. The molecule has 0 fully saturated rings. The molecule has 3 nitrogen and oxygen atoms in total. The first-order chi connectivity index (χ1) is 4.77. The molecule has 0 rings (SSSR count). The summed E-state index contributed by atoms with van der Waals surface area (Å²) in [5.74, 6) is -0.917. The molecular weight excluding hydrogens is 298 g/mol. The van der Waals surface area contributed by atoms with Gasteiger partial charge in [0.15, 0.2) is 0 Å². The number of halogens is 4. The van der Waals surface area contributed by atoms with Crippen LogP contribution >= 0.6 is 22.9 Å². The predicted octanol–water partition coefficient (Wildman–Crippen LogP) is 1.21. The van der Waals surface area contributed by atoms with E-state index in [0.29, 0.717) is 0 Å². The highest BCUT2D eigenvalue weighted by Gasteiger charge is 2.29. The second-order valence-corrected chi connectivity index (χ2v) is 4.87. The number of nitrogens with one attached hydrogen (secondary N) is 1. The zero-order valence-electron chi connectivity index (χ0n) is 5.15. The van der Waals surface area contributed by atoms with Gasteiger partial charge in [-0.1, -0.05) is 0 Å². The first-order valence-corrected chi connectivity index (χ1v) is 5.17.